The van der Waals surface area contributed by atoms with E-state index in [0.29, 0.717) is 6.54 Å². The fourth-order valence-corrected chi connectivity index (χ4v) is 2.00. The standard InChI is InChI=1S/C12H13NO/c1-9-4-3-5-11-12(9)10(2)8-13(11)6-7-14/h3-5,7-8H,6H2,1-2H3. The maximum Gasteiger partial charge on any atom is 0.139 e. The third-order valence-electron chi connectivity index (χ3n) is 2.58. The quantitative estimate of drug-likeness (QED) is 0.662. The van der Waals surface area contributed by atoms with Crippen LogP contribution in [0.5, 0.6) is 0 Å². The average molecular weight is 187 g/mol. The second-order valence-electron chi connectivity index (χ2n) is 3.60. The first-order chi connectivity index (χ1) is 6.74. The molecule has 1 aromatic carbocycles. The molecule has 72 valence electrons. The Morgan fingerprint density at radius 2 is 2.07 bits per heavy atom. The van der Waals surface area contributed by atoms with E-state index in [-0.39, 0.29) is 0 Å². The summed E-state index contributed by atoms with van der Waals surface area (Å²) in [5, 5.41) is 1.27. The van der Waals surface area contributed by atoms with Crippen LogP contribution in [0.25, 0.3) is 10.9 Å². The van der Waals surface area contributed by atoms with Gasteiger partial charge in [-0.15, -0.1) is 0 Å². The van der Waals surface area contributed by atoms with Crippen molar-refractivity contribution in [3.63, 3.8) is 0 Å². The first-order valence-electron chi connectivity index (χ1n) is 4.72. The highest BCUT2D eigenvalue weighted by atomic mass is 16.1. The van der Waals surface area contributed by atoms with Gasteiger partial charge in [0.2, 0.25) is 0 Å². The third-order valence-corrected chi connectivity index (χ3v) is 2.58. The summed E-state index contributed by atoms with van der Waals surface area (Å²) in [5.41, 5.74) is 3.65. The van der Waals surface area contributed by atoms with Gasteiger partial charge in [0.05, 0.1) is 6.54 Å². The summed E-state index contributed by atoms with van der Waals surface area (Å²) in [5.74, 6) is 0. The van der Waals surface area contributed by atoms with Gasteiger partial charge in [-0.05, 0) is 31.0 Å². The van der Waals surface area contributed by atoms with Gasteiger partial charge in [0.25, 0.3) is 0 Å². The Bertz CT molecular complexity index is 482. The molecule has 0 amide bonds. The molecule has 0 atom stereocenters. The predicted octanol–water partition coefficient (Wildman–Crippen LogP) is 2.46. The zero-order valence-corrected chi connectivity index (χ0v) is 8.45. The molecule has 0 saturated carbocycles. The number of carbonyl (C=O) groups is 1. The van der Waals surface area contributed by atoms with E-state index in [1.807, 2.05) is 16.8 Å². The summed E-state index contributed by atoms with van der Waals surface area (Å²) < 4.78 is 1.99. The molecule has 0 unspecified atom stereocenters. The van der Waals surface area contributed by atoms with Crippen molar-refractivity contribution in [1.29, 1.82) is 0 Å². The number of aldehydes is 1. The van der Waals surface area contributed by atoms with Crippen molar-refractivity contribution in [3.8, 4) is 0 Å². The lowest BCUT2D eigenvalue weighted by Gasteiger charge is -2.00. The van der Waals surface area contributed by atoms with E-state index >= 15 is 0 Å². The van der Waals surface area contributed by atoms with Gasteiger partial charge in [0.15, 0.2) is 0 Å². The molecule has 0 fully saturated rings. The zero-order chi connectivity index (χ0) is 10.1. The summed E-state index contributed by atoms with van der Waals surface area (Å²) in [6.45, 7) is 4.62. The number of aromatic nitrogens is 1. The van der Waals surface area contributed by atoms with Crippen molar-refractivity contribution < 1.29 is 4.79 Å². The molecule has 1 aromatic heterocycles. The number of carbonyl (C=O) groups excluding carboxylic acids is 1. The molecule has 14 heavy (non-hydrogen) atoms. The van der Waals surface area contributed by atoms with Crippen molar-refractivity contribution >= 4 is 17.2 Å². The molecule has 2 rings (SSSR count). The third kappa shape index (κ3) is 1.23. The van der Waals surface area contributed by atoms with Crippen LogP contribution in [-0.2, 0) is 11.3 Å². The van der Waals surface area contributed by atoms with Crippen molar-refractivity contribution in [2.24, 2.45) is 0 Å². The lowest BCUT2D eigenvalue weighted by Crippen LogP contribution is -1.95. The summed E-state index contributed by atoms with van der Waals surface area (Å²) in [6.07, 6.45) is 2.97. The fraction of sp³-hybridized carbons (Fsp3) is 0.250. The minimum absolute atomic E-state index is 0.438. The first-order valence-corrected chi connectivity index (χ1v) is 4.72. The van der Waals surface area contributed by atoms with Crippen LogP contribution >= 0.6 is 0 Å². The lowest BCUT2D eigenvalue weighted by molar-refractivity contribution is -0.108. The average Bonchev–Trinajstić information content (AvgIpc) is 2.46. The smallest absolute Gasteiger partial charge is 0.139 e. The Hall–Kier alpha value is -1.57. The number of rotatable bonds is 2. The van der Waals surface area contributed by atoms with Crippen LogP contribution in [0.1, 0.15) is 11.1 Å². The molecule has 1 heterocycles. The number of fused-ring (bicyclic) bond motifs is 1. The molecule has 2 aromatic rings. The number of aryl methyl sites for hydroxylation is 2. The number of nitrogens with zero attached hydrogens (tertiary/aromatic N) is 1. The Morgan fingerprint density at radius 3 is 2.79 bits per heavy atom. The molecular formula is C12H13NO. The molecule has 0 bridgehead atoms. The van der Waals surface area contributed by atoms with Gasteiger partial charge in [-0.2, -0.15) is 0 Å². The van der Waals surface area contributed by atoms with Crippen molar-refractivity contribution in [3.05, 3.63) is 35.5 Å². The van der Waals surface area contributed by atoms with E-state index in [4.69, 9.17) is 0 Å². The van der Waals surface area contributed by atoms with Gasteiger partial charge >= 0.3 is 0 Å². The maximum absolute atomic E-state index is 10.5. The van der Waals surface area contributed by atoms with Gasteiger partial charge in [-0.25, -0.2) is 0 Å². The van der Waals surface area contributed by atoms with Crippen molar-refractivity contribution in [2.45, 2.75) is 20.4 Å². The van der Waals surface area contributed by atoms with E-state index in [0.717, 1.165) is 11.8 Å². The second-order valence-corrected chi connectivity index (χ2v) is 3.60. The van der Waals surface area contributed by atoms with Gasteiger partial charge in [-0.1, -0.05) is 12.1 Å². The topological polar surface area (TPSA) is 22.0 Å². The largest absolute Gasteiger partial charge is 0.340 e. The van der Waals surface area contributed by atoms with Crippen LogP contribution in [0.3, 0.4) is 0 Å². The normalized spacial score (nSPS) is 10.7. The van der Waals surface area contributed by atoms with E-state index in [2.05, 4.69) is 26.0 Å². The molecule has 0 spiro atoms. The zero-order valence-electron chi connectivity index (χ0n) is 8.45. The molecule has 0 N–H and O–H groups in total. The van der Waals surface area contributed by atoms with Gasteiger partial charge < -0.3 is 9.36 Å². The Balaban J connectivity index is 2.77. The lowest BCUT2D eigenvalue weighted by atomic mass is 10.1. The SMILES string of the molecule is Cc1cccc2c1c(C)cn2CC=O. The highest BCUT2D eigenvalue weighted by molar-refractivity contribution is 5.87. The predicted molar refractivity (Wildman–Crippen MR) is 57.5 cm³/mol. The summed E-state index contributed by atoms with van der Waals surface area (Å²) in [6, 6.07) is 6.18. The van der Waals surface area contributed by atoms with E-state index in [1.54, 1.807) is 0 Å². The Morgan fingerprint density at radius 1 is 1.29 bits per heavy atom. The second kappa shape index (κ2) is 3.29. The Kier molecular flexibility index (Phi) is 2.12. The van der Waals surface area contributed by atoms with Gasteiger partial charge in [0, 0.05) is 17.1 Å². The molecule has 2 heteroatoms. The van der Waals surface area contributed by atoms with Crippen LogP contribution in [0, 0.1) is 13.8 Å². The van der Waals surface area contributed by atoms with Crippen molar-refractivity contribution in [1.82, 2.24) is 4.57 Å². The van der Waals surface area contributed by atoms with Crippen molar-refractivity contribution in [2.75, 3.05) is 0 Å². The summed E-state index contributed by atoms with van der Waals surface area (Å²) >= 11 is 0. The summed E-state index contributed by atoms with van der Waals surface area (Å²) in [4.78, 5) is 10.5. The number of benzene rings is 1. The first kappa shape index (κ1) is 9.00. The molecule has 2 nitrogen and oxygen atoms in total. The van der Waals surface area contributed by atoms with Gasteiger partial charge in [-0.3, -0.25) is 0 Å². The molecule has 0 aliphatic rings. The van der Waals surface area contributed by atoms with Gasteiger partial charge in [0.1, 0.15) is 6.29 Å². The minimum atomic E-state index is 0.438. The Labute approximate surface area is 83.2 Å². The molecular weight excluding hydrogens is 174 g/mol. The highest BCUT2D eigenvalue weighted by Crippen LogP contribution is 2.23. The molecule has 0 saturated heterocycles. The molecule has 0 aliphatic carbocycles. The monoisotopic (exact) mass is 187 g/mol. The van der Waals surface area contributed by atoms with Crippen LogP contribution in [0.2, 0.25) is 0 Å². The summed E-state index contributed by atoms with van der Waals surface area (Å²) in [7, 11) is 0. The van der Waals surface area contributed by atoms with E-state index in [1.165, 1.54) is 16.5 Å². The fourth-order valence-electron chi connectivity index (χ4n) is 2.00. The van der Waals surface area contributed by atoms with Crippen LogP contribution in [-0.4, -0.2) is 10.9 Å². The molecule has 0 aliphatic heterocycles. The number of hydrogen-bond donors (Lipinski definition) is 0. The maximum atomic E-state index is 10.5. The van der Waals surface area contributed by atoms with E-state index in [9.17, 15) is 4.79 Å². The van der Waals surface area contributed by atoms with Crippen LogP contribution in [0.4, 0.5) is 0 Å². The van der Waals surface area contributed by atoms with E-state index < -0.39 is 0 Å². The molecule has 0 radical (unpaired) electrons. The highest BCUT2D eigenvalue weighted by Gasteiger charge is 2.06. The van der Waals surface area contributed by atoms with Crippen LogP contribution < -0.4 is 0 Å². The minimum Gasteiger partial charge on any atom is -0.340 e. The number of hydrogen-bond acceptors (Lipinski definition) is 1. The van der Waals surface area contributed by atoms with Crippen LogP contribution in [0.15, 0.2) is 24.4 Å².